The van der Waals surface area contributed by atoms with Gasteiger partial charge in [-0.1, -0.05) is 32.6 Å². The van der Waals surface area contributed by atoms with Crippen molar-refractivity contribution >= 4 is 15.8 Å². The van der Waals surface area contributed by atoms with Gasteiger partial charge in [-0.15, -0.1) is 0 Å². The topological polar surface area (TPSA) is 60.4 Å². The molecule has 1 aliphatic rings. The van der Waals surface area contributed by atoms with E-state index in [4.69, 9.17) is 4.74 Å². The molecule has 0 aromatic heterocycles. The van der Waals surface area contributed by atoms with Gasteiger partial charge in [-0.3, -0.25) is 4.79 Å². The molecule has 0 N–H and O–H groups in total. The van der Waals surface area contributed by atoms with Crippen LogP contribution in [0.1, 0.15) is 51.9 Å². The second-order valence-electron chi connectivity index (χ2n) is 4.64. The maximum Gasteiger partial charge on any atom is 0.321 e. The number of ether oxygens (including phenoxy) is 1. The highest BCUT2D eigenvalue weighted by Gasteiger charge is 2.29. The predicted molar refractivity (Wildman–Crippen MR) is 66.5 cm³/mol. The third kappa shape index (κ3) is 5.06. The van der Waals surface area contributed by atoms with E-state index in [0.29, 0.717) is 19.4 Å². The molecule has 0 amide bonds. The van der Waals surface area contributed by atoms with E-state index >= 15 is 0 Å². The van der Waals surface area contributed by atoms with Crippen molar-refractivity contribution in [2.24, 2.45) is 0 Å². The molecule has 0 saturated heterocycles. The van der Waals surface area contributed by atoms with Gasteiger partial charge in [0.1, 0.15) is 5.75 Å². The zero-order valence-electron chi connectivity index (χ0n) is 10.5. The van der Waals surface area contributed by atoms with Gasteiger partial charge in [0.2, 0.25) is 0 Å². The molecular weight excluding hydrogens is 240 g/mol. The van der Waals surface area contributed by atoms with E-state index in [-0.39, 0.29) is 5.25 Å². The Morgan fingerprint density at radius 3 is 2.47 bits per heavy atom. The lowest BCUT2D eigenvalue weighted by molar-refractivity contribution is -0.140. The molecule has 0 radical (unpaired) electrons. The van der Waals surface area contributed by atoms with E-state index in [9.17, 15) is 13.2 Å². The minimum absolute atomic E-state index is 0.324. The second-order valence-corrected chi connectivity index (χ2v) is 6.92. The van der Waals surface area contributed by atoms with Crippen molar-refractivity contribution in [3.05, 3.63) is 0 Å². The maximum atomic E-state index is 11.9. The zero-order chi connectivity index (χ0) is 12.7. The Labute approximate surface area is 104 Å². The number of esters is 1. The van der Waals surface area contributed by atoms with Crippen LogP contribution in [0.3, 0.4) is 0 Å². The van der Waals surface area contributed by atoms with Gasteiger partial charge in [0, 0.05) is 0 Å². The van der Waals surface area contributed by atoms with E-state index in [1.807, 2.05) is 6.92 Å². The number of carbonyl (C=O) groups is 1. The van der Waals surface area contributed by atoms with Crippen molar-refractivity contribution in [3.63, 3.8) is 0 Å². The SMILES string of the molecule is CCCCOC(=O)CS(=O)(=O)C1CCCCC1. The third-order valence-corrected chi connectivity index (χ3v) is 5.27. The Kier molecular flexibility index (Phi) is 5.95. The molecule has 0 bridgehead atoms. The monoisotopic (exact) mass is 262 g/mol. The quantitative estimate of drug-likeness (QED) is 0.543. The molecule has 1 aliphatic carbocycles. The van der Waals surface area contributed by atoms with Gasteiger partial charge in [-0.05, 0) is 19.3 Å². The van der Waals surface area contributed by atoms with Gasteiger partial charge >= 0.3 is 5.97 Å². The molecule has 0 spiro atoms. The number of sulfone groups is 1. The molecule has 0 aromatic rings. The van der Waals surface area contributed by atoms with Crippen LogP contribution in [0.15, 0.2) is 0 Å². The van der Waals surface area contributed by atoms with Crippen molar-refractivity contribution in [1.82, 2.24) is 0 Å². The average molecular weight is 262 g/mol. The lowest BCUT2D eigenvalue weighted by atomic mass is 10.0. The fraction of sp³-hybridized carbons (Fsp3) is 0.917. The average Bonchev–Trinajstić information content (AvgIpc) is 2.30. The summed E-state index contributed by atoms with van der Waals surface area (Å²) < 4.78 is 28.7. The van der Waals surface area contributed by atoms with Crippen LogP contribution in [0, 0.1) is 0 Å². The Hall–Kier alpha value is -0.580. The van der Waals surface area contributed by atoms with Crippen molar-refractivity contribution in [2.45, 2.75) is 57.1 Å². The van der Waals surface area contributed by atoms with Crippen LogP contribution >= 0.6 is 0 Å². The van der Waals surface area contributed by atoms with Gasteiger partial charge < -0.3 is 4.74 Å². The van der Waals surface area contributed by atoms with Crippen LogP contribution in [-0.2, 0) is 19.4 Å². The summed E-state index contributed by atoms with van der Waals surface area (Å²) in [7, 11) is -3.29. The minimum Gasteiger partial charge on any atom is -0.465 e. The molecule has 1 rings (SSSR count). The van der Waals surface area contributed by atoms with E-state index in [2.05, 4.69) is 0 Å². The van der Waals surface area contributed by atoms with Gasteiger partial charge in [0.05, 0.1) is 11.9 Å². The Morgan fingerprint density at radius 1 is 1.24 bits per heavy atom. The second kappa shape index (κ2) is 6.99. The summed E-state index contributed by atoms with van der Waals surface area (Å²) in [5.74, 6) is -1.04. The van der Waals surface area contributed by atoms with Gasteiger partial charge in [-0.2, -0.15) is 0 Å². The lowest BCUT2D eigenvalue weighted by Gasteiger charge is -2.21. The van der Waals surface area contributed by atoms with Crippen molar-refractivity contribution in [1.29, 1.82) is 0 Å². The van der Waals surface area contributed by atoms with Crippen molar-refractivity contribution in [3.8, 4) is 0 Å². The normalized spacial score (nSPS) is 17.9. The molecule has 4 nitrogen and oxygen atoms in total. The summed E-state index contributed by atoms with van der Waals surface area (Å²) in [6.45, 7) is 2.32. The van der Waals surface area contributed by atoms with Crippen LogP contribution in [0.2, 0.25) is 0 Å². The summed E-state index contributed by atoms with van der Waals surface area (Å²) in [6, 6.07) is 0. The van der Waals surface area contributed by atoms with Crippen molar-refractivity contribution < 1.29 is 17.9 Å². The molecule has 5 heteroatoms. The van der Waals surface area contributed by atoms with Crippen molar-refractivity contribution in [2.75, 3.05) is 12.4 Å². The van der Waals surface area contributed by atoms with E-state index in [1.54, 1.807) is 0 Å². The first-order valence-corrected chi connectivity index (χ1v) is 8.15. The summed E-state index contributed by atoms with van der Waals surface area (Å²) in [6.07, 6.45) is 6.13. The summed E-state index contributed by atoms with van der Waals surface area (Å²) in [5.41, 5.74) is 0. The van der Waals surface area contributed by atoms with Crippen LogP contribution in [-0.4, -0.2) is 32.0 Å². The van der Waals surface area contributed by atoms with E-state index in [0.717, 1.165) is 32.1 Å². The standard InChI is InChI=1S/C12H22O4S/c1-2-3-9-16-12(13)10-17(14,15)11-7-5-4-6-8-11/h11H,2-10H2,1H3. The lowest BCUT2D eigenvalue weighted by Crippen LogP contribution is -2.30. The highest BCUT2D eigenvalue weighted by molar-refractivity contribution is 7.92. The first-order chi connectivity index (χ1) is 8.06. The van der Waals surface area contributed by atoms with Crippen LogP contribution < -0.4 is 0 Å². The highest BCUT2D eigenvalue weighted by atomic mass is 32.2. The Morgan fingerprint density at radius 2 is 1.88 bits per heavy atom. The largest absolute Gasteiger partial charge is 0.465 e. The number of unbranched alkanes of at least 4 members (excludes halogenated alkanes) is 1. The summed E-state index contributed by atoms with van der Waals surface area (Å²) in [5, 5.41) is -0.324. The first-order valence-electron chi connectivity index (χ1n) is 6.43. The number of hydrogen-bond acceptors (Lipinski definition) is 4. The minimum atomic E-state index is -3.29. The molecule has 0 heterocycles. The van der Waals surface area contributed by atoms with Gasteiger partial charge in [0.15, 0.2) is 9.84 Å². The fourth-order valence-electron chi connectivity index (χ4n) is 2.08. The summed E-state index contributed by atoms with van der Waals surface area (Å²) >= 11 is 0. The van der Waals surface area contributed by atoms with Gasteiger partial charge in [-0.25, -0.2) is 8.42 Å². The Balaban J connectivity index is 2.39. The molecule has 0 unspecified atom stereocenters. The van der Waals surface area contributed by atoms with E-state index < -0.39 is 21.6 Å². The smallest absolute Gasteiger partial charge is 0.321 e. The molecule has 0 atom stereocenters. The molecular formula is C12H22O4S. The fourth-order valence-corrected chi connectivity index (χ4v) is 3.78. The molecule has 100 valence electrons. The van der Waals surface area contributed by atoms with Crippen LogP contribution in [0.5, 0.6) is 0 Å². The molecule has 0 aliphatic heterocycles. The molecule has 0 aromatic carbocycles. The van der Waals surface area contributed by atoms with Crippen LogP contribution in [0.4, 0.5) is 0 Å². The Bertz CT molecular complexity index is 328. The third-order valence-electron chi connectivity index (χ3n) is 3.14. The molecule has 17 heavy (non-hydrogen) atoms. The van der Waals surface area contributed by atoms with Gasteiger partial charge in [0.25, 0.3) is 0 Å². The maximum absolute atomic E-state index is 11.9. The number of hydrogen-bond donors (Lipinski definition) is 0. The predicted octanol–water partition coefficient (Wildman–Crippen LogP) is 2.08. The van der Waals surface area contributed by atoms with Crippen LogP contribution in [0.25, 0.3) is 0 Å². The molecule has 1 fully saturated rings. The highest BCUT2D eigenvalue weighted by Crippen LogP contribution is 2.24. The summed E-state index contributed by atoms with van der Waals surface area (Å²) in [4.78, 5) is 11.4. The molecule has 1 saturated carbocycles. The first kappa shape index (κ1) is 14.5. The number of carbonyl (C=O) groups excluding carboxylic acids is 1. The zero-order valence-corrected chi connectivity index (χ0v) is 11.3. The number of rotatable bonds is 6. The van der Waals surface area contributed by atoms with E-state index in [1.165, 1.54) is 0 Å².